The molecule has 0 aromatic rings. The molecule has 0 bridgehead atoms. The van der Waals surface area contributed by atoms with Crippen molar-refractivity contribution in [2.45, 2.75) is 58.4 Å². The number of likely N-dealkylation sites (N-methyl/N-ethyl adjacent to an activating group) is 1. The first-order chi connectivity index (χ1) is 11.3. The second-order valence-corrected chi connectivity index (χ2v) is 6.83. The molecule has 0 aromatic carbocycles. The summed E-state index contributed by atoms with van der Waals surface area (Å²) in [6.07, 6.45) is 7.93. The predicted octanol–water partition coefficient (Wildman–Crippen LogP) is 1.90. The molecule has 2 aliphatic heterocycles. The van der Waals surface area contributed by atoms with Crippen molar-refractivity contribution in [1.82, 2.24) is 20.4 Å². The number of aliphatic imine (C=N–C) groups is 1. The number of guanidine groups is 1. The number of hydrogen-bond acceptors (Lipinski definition) is 3. The van der Waals surface area contributed by atoms with Crippen LogP contribution >= 0.6 is 0 Å². The van der Waals surface area contributed by atoms with Gasteiger partial charge < -0.3 is 15.5 Å². The summed E-state index contributed by atoms with van der Waals surface area (Å²) >= 11 is 0. The molecule has 2 N–H and O–H groups in total. The summed E-state index contributed by atoms with van der Waals surface area (Å²) in [4.78, 5) is 9.97. The van der Waals surface area contributed by atoms with Gasteiger partial charge in [-0.15, -0.1) is 0 Å². The molecule has 5 nitrogen and oxygen atoms in total. The van der Waals surface area contributed by atoms with Gasteiger partial charge in [-0.25, -0.2) is 0 Å². The van der Waals surface area contributed by atoms with E-state index in [9.17, 15) is 0 Å². The van der Waals surface area contributed by atoms with E-state index in [0.717, 1.165) is 32.1 Å². The lowest BCUT2D eigenvalue weighted by molar-refractivity contribution is 0.273. The van der Waals surface area contributed by atoms with Crippen molar-refractivity contribution in [3.63, 3.8) is 0 Å². The Kier molecular flexibility index (Phi) is 8.76. The molecular weight excluding hydrogens is 286 g/mol. The first-order valence-corrected chi connectivity index (χ1v) is 9.82. The summed E-state index contributed by atoms with van der Waals surface area (Å²) in [5.41, 5.74) is 0. The van der Waals surface area contributed by atoms with Gasteiger partial charge in [0.05, 0.1) is 6.54 Å². The van der Waals surface area contributed by atoms with E-state index in [0.29, 0.717) is 6.04 Å². The quantitative estimate of drug-likeness (QED) is 0.386. The molecule has 2 fully saturated rings. The summed E-state index contributed by atoms with van der Waals surface area (Å²) in [5.74, 6) is 0.997. The Labute approximate surface area is 142 Å². The Balaban J connectivity index is 1.62. The van der Waals surface area contributed by atoms with Crippen LogP contribution < -0.4 is 10.6 Å². The summed E-state index contributed by atoms with van der Waals surface area (Å²) in [6.45, 7) is 13.6. The van der Waals surface area contributed by atoms with Crippen LogP contribution in [0.1, 0.15) is 52.4 Å². The molecule has 2 rings (SSSR count). The van der Waals surface area contributed by atoms with Gasteiger partial charge in [0, 0.05) is 19.1 Å². The van der Waals surface area contributed by atoms with Gasteiger partial charge in [0.2, 0.25) is 0 Å². The SMILES string of the molecule is CCNC(=NCC1CCCN1CC)NCCCCN1CCCC1. The Hall–Kier alpha value is -0.810. The van der Waals surface area contributed by atoms with Gasteiger partial charge in [0.15, 0.2) is 5.96 Å². The highest BCUT2D eigenvalue weighted by Gasteiger charge is 2.22. The third-order valence-electron chi connectivity index (χ3n) is 5.10. The van der Waals surface area contributed by atoms with E-state index in [2.05, 4.69) is 34.3 Å². The lowest BCUT2D eigenvalue weighted by Gasteiger charge is -2.21. The lowest BCUT2D eigenvalue weighted by atomic mass is 10.2. The van der Waals surface area contributed by atoms with Crippen LogP contribution in [0.5, 0.6) is 0 Å². The van der Waals surface area contributed by atoms with Crippen LogP contribution in [0.25, 0.3) is 0 Å². The lowest BCUT2D eigenvalue weighted by Crippen LogP contribution is -2.39. The van der Waals surface area contributed by atoms with Gasteiger partial charge in [0.25, 0.3) is 0 Å². The van der Waals surface area contributed by atoms with E-state index < -0.39 is 0 Å². The summed E-state index contributed by atoms with van der Waals surface area (Å²) in [7, 11) is 0. The van der Waals surface area contributed by atoms with E-state index in [-0.39, 0.29) is 0 Å². The molecule has 23 heavy (non-hydrogen) atoms. The van der Waals surface area contributed by atoms with E-state index in [4.69, 9.17) is 4.99 Å². The minimum Gasteiger partial charge on any atom is -0.357 e. The average molecular weight is 324 g/mol. The van der Waals surface area contributed by atoms with Crippen molar-refractivity contribution >= 4 is 5.96 Å². The first-order valence-electron chi connectivity index (χ1n) is 9.82. The topological polar surface area (TPSA) is 42.9 Å². The number of hydrogen-bond donors (Lipinski definition) is 2. The molecule has 2 aliphatic rings. The highest BCUT2D eigenvalue weighted by Crippen LogP contribution is 2.16. The molecule has 0 aromatic heterocycles. The molecule has 0 spiro atoms. The molecule has 5 heteroatoms. The summed E-state index contributed by atoms with van der Waals surface area (Å²) < 4.78 is 0. The molecule has 2 heterocycles. The van der Waals surface area contributed by atoms with Crippen LogP contribution in [0.3, 0.4) is 0 Å². The first kappa shape index (κ1) is 18.5. The van der Waals surface area contributed by atoms with Crippen molar-refractivity contribution in [2.75, 3.05) is 52.4 Å². The smallest absolute Gasteiger partial charge is 0.191 e. The third-order valence-corrected chi connectivity index (χ3v) is 5.10. The largest absolute Gasteiger partial charge is 0.357 e. The summed E-state index contributed by atoms with van der Waals surface area (Å²) in [5, 5.41) is 6.89. The Morgan fingerprint density at radius 2 is 1.87 bits per heavy atom. The van der Waals surface area contributed by atoms with E-state index in [1.807, 2.05) is 0 Å². The second-order valence-electron chi connectivity index (χ2n) is 6.83. The molecule has 0 saturated carbocycles. The van der Waals surface area contributed by atoms with E-state index in [1.54, 1.807) is 0 Å². The molecular formula is C18H37N5. The molecule has 0 aliphatic carbocycles. The number of nitrogens with one attached hydrogen (secondary N) is 2. The average Bonchev–Trinajstić information content (AvgIpc) is 3.23. The second kappa shape index (κ2) is 10.9. The Bertz CT molecular complexity index is 338. The maximum atomic E-state index is 4.81. The predicted molar refractivity (Wildman–Crippen MR) is 99.2 cm³/mol. The fourth-order valence-electron chi connectivity index (χ4n) is 3.73. The third kappa shape index (κ3) is 6.68. The number of rotatable bonds is 9. The van der Waals surface area contributed by atoms with Gasteiger partial charge in [-0.2, -0.15) is 0 Å². The molecule has 2 saturated heterocycles. The van der Waals surface area contributed by atoms with Crippen molar-refractivity contribution in [1.29, 1.82) is 0 Å². The minimum atomic E-state index is 0.644. The number of unbranched alkanes of at least 4 members (excludes halogenated alkanes) is 1. The molecule has 0 amide bonds. The zero-order valence-corrected chi connectivity index (χ0v) is 15.3. The number of nitrogens with zero attached hydrogens (tertiary/aromatic N) is 3. The zero-order valence-electron chi connectivity index (χ0n) is 15.3. The highest BCUT2D eigenvalue weighted by molar-refractivity contribution is 5.79. The van der Waals surface area contributed by atoms with Gasteiger partial charge >= 0.3 is 0 Å². The number of likely N-dealkylation sites (tertiary alicyclic amines) is 2. The van der Waals surface area contributed by atoms with Gasteiger partial charge in [-0.05, 0) is 78.2 Å². The van der Waals surface area contributed by atoms with Gasteiger partial charge in [0.1, 0.15) is 0 Å². The van der Waals surface area contributed by atoms with Crippen LogP contribution in [0, 0.1) is 0 Å². The molecule has 0 radical (unpaired) electrons. The molecule has 134 valence electrons. The van der Waals surface area contributed by atoms with E-state index in [1.165, 1.54) is 64.7 Å². The molecule has 1 unspecified atom stereocenters. The maximum Gasteiger partial charge on any atom is 0.191 e. The van der Waals surface area contributed by atoms with Crippen molar-refractivity contribution in [3.8, 4) is 0 Å². The van der Waals surface area contributed by atoms with Crippen molar-refractivity contribution in [2.24, 2.45) is 4.99 Å². The van der Waals surface area contributed by atoms with Crippen molar-refractivity contribution < 1.29 is 0 Å². The van der Waals surface area contributed by atoms with Crippen LogP contribution in [-0.4, -0.2) is 74.2 Å². The van der Waals surface area contributed by atoms with E-state index >= 15 is 0 Å². The van der Waals surface area contributed by atoms with Gasteiger partial charge in [-0.1, -0.05) is 6.92 Å². The molecule has 1 atom stereocenters. The fraction of sp³-hybridized carbons (Fsp3) is 0.944. The standard InChI is InChI=1S/C18H37N5/c1-3-19-18(21-16-17-10-9-15-23(17)4-2)20-11-5-6-12-22-13-7-8-14-22/h17H,3-16H2,1-2H3,(H2,19,20,21). The van der Waals surface area contributed by atoms with Crippen LogP contribution in [-0.2, 0) is 0 Å². The summed E-state index contributed by atoms with van der Waals surface area (Å²) in [6, 6.07) is 0.644. The Morgan fingerprint density at radius 1 is 1.04 bits per heavy atom. The van der Waals surface area contributed by atoms with Crippen molar-refractivity contribution in [3.05, 3.63) is 0 Å². The zero-order chi connectivity index (χ0) is 16.3. The normalized spacial score (nSPS) is 23.6. The minimum absolute atomic E-state index is 0.644. The Morgan fingerprint density at radius 3 is 2.61 bits per heavy atom. The van der Waals surface area contributed by atoms with Crippen LogP contribution in [0.15, 0.2) is 4.99 Å². The maximum absolute atomic E-state index is 4.81. The van der Waals surface area contributed by atoms with Gasteiger partial charge in [-0.3, -0.25) is 9.89 Å². The fourth-order valence-corrected chi connectivity index (χ4v) is 3.73. The van der Waals surface area contributed by atoms with Crippen LogP contribution in [0.2, 0.25) is 0 Å². The van der Waals surface area contributed by atoms with Crippen LogP contribution in [0.4, 0.5) is 0 Å². The highest BCUT2D eigenvalue weighted by atomic mass is 15.2. The monoisotopic (exact) mass is 323 g/mol.